The van der Waals surface area contributed by atoms with E-state index in [2.05, 4.69) is 10.3 Å². The number of carbonyl (C=O) groups excluding carboxylic acids is 2. The van der Waals surface area contributed by atoms with Gasteiger partial charge in [-0.05, 0) is 37.7 Å². The van der Waals surface area contributed by atoms with E-state index in [0.717, 1.165) is 5.56 Å². The number of amides is 2. The third-order valence-electron chi connectivity index (χ3n) is 5.02. The molecule has 2 amide bonds. The first-order chi connectivity index (χ1) is 14.3. The minimum absolute atomic E-state index is 0.0581. The summed E-state index contributed by atoms with van der Waals surface area (Å²) in [6.07, 6.45) is 2.02. The van der Waals surface area contributed by atoms with Crippen molar-refractivity contribution in [2.24, 2.45) is 22.2 Å². The summed E-state index contributed by atoms with van der Waals surface area (Å²) in [6, 6.07) is 6.70. The number of benzene rings is 1. The minimum atomic E-state index is -1.05. The van der Waals surface area contributed by atoms with Crippen LogP contribution in [0.5, 0.6) is 0 Å². The molecule has 1 aromatic carbocycles. The molecule has 1 heterocycles. The molecule has 0 spiro atoms. The molecule has 0 saturated carbocycles. The zero-order valence-corrected chi connectivity index (χ0v) is 16.9. The zero-order valence-electron chi connectivity index (χ0n) is 16.9. The van der Waals surface area contributed by atoms with Gasteiger partial charge in [0.2, 0.25) is 11.8 Å². The highest BCUT2D eigenvalue weighted by atomic mass is 16.4. The van der Waals surface area contributed by atoms with Gasteiger partial charge >= 0.3 is 5.97 Å². The van der Waals surface area contributed by atoms with E-state index in [9.17, 15) is 19.5 Å². The Kier molecular flexibility index (Phi) is 8.60. The third kappa shape index (κ3) is 6.73. The lowest BCUT2D eigenvalue weighted by atomic mass is 10.0. The van der Waals surface area contributed by atoms with Crippen LogP contribution in [0, 0.1) is 0 Å². The number of rotatable bonds is 10. The number of aliphatic imine (C=N–C) groups is 1. The van der Waals surface area contributed by atoms with E-state index in [4.69, 9.17) is 17.2 Å². The number of carbonyl (C=O) groups is 3. The van der Waals surface area contributed by atoms with Gasteiger partial charge in [0.15, 0.2) is 5.96 Å². The van der Waals surface area contributed by atoms with E-state index in [1.807, 2.05) is 30.3 Å². The Bertz CT molecular complexity index is 766. The van der Waals surface area contributed by atoms with Crippen molar-refractivity contribution in [1.82, 2.24) is 10.2 Å². The molecule has 10 heteroatoms. The fraction of sp³-hybridized carbons (Fsp3) is 0.500. The number of carboxylic acids is 1. The molecule has 3 unspecified atom stereocenters. The second-order valence-electron chi connectivity index (χ2n) is 7.33. The molecule has 30 heavy (non-hydrogen) atoms. The maximum absolute atomic E-state index is 13.0. The number of carboxylic acid groups (broad SMARTS) is 1. The molecule has 1 saturated heterocycles. The molecule has 0 aromatic heterocycles. The fourth-order valence-corrected chi connectivity index (χ4v) is 3.49. The average molecular weight is 418 g/mol. The van der Waals surface area contributed by atoms with Gasteiger partial charge in [-0.3, -0.25) is 14.6 Å². The molecule has 0 radical (unpaired) electrons. The van der Waals surface area contributed by atoms with Gasteiger partial charge in [0.25, 0.3) is 0 Å². The van der Waals surface area contributed by atoms with Crippen molar-refractivity contribution < 1.29 is 19.5 Å². The number of hydrogen-bond donors (Lipinski definition) is 5. The Morgan fingerprint density at radius 3 is 2.57 bits per heavy atom. The molecular weight excluding hydrogens is 388 g/mol. The highest BCUT2D eigenvalue weighted by molar-refractivity contribution is 5.92. The number of nitrogens with zero attached hydrogens (tertiary/aromatic N) is 2. The van der Waals surface area contributed by atoms with Gasteiger partial charge in [-0.2, -0.15) is 0 Å². The van der Waals surface area contributed by atoms with Crippen molar-refractivity contribution in [3.63, 3.8) is 0 Å². The van der Waals surface area contributed by atoms with Crippen LogP contribution in [-0.2, 0) is 20.8 Å². The Balaban J connectivity index is 2.06. The fourth-order valence-electron chi connectivity index (χ4n) is 3.49. The number of nitrogens with one attached hydrogen (secondary N) is 1. The lowest BCUT2D eigenvalue weighted by Gasteiger charge is -2.28. The van der Waals surface area contributed by atoms with E-state index in [-0.39, 0.29) is 12.4 Å². The normalized spacial score (nSPS) is 17.8. The predicted octanol–water partition coefficient (Wildman–Crippen LogP) is -0.830. The van der Waals surface area contributed by atoms with Crippen LogP contribution in [0.4, 0.5) is 0 Å². The first-order valence-corrected chi connectivity index (χ1v) is 9.98. The van der Waals surface area contributed by atoms with Gasteiger partial charge in [-0.25, -0.2) is 4.79 Å². The summed E-state index contributed by atoms with van der Waals surface area (Å²) in [5, 5.41) is 12.1. The predicted molar refractivity (Wildman–Crippen MR) is 112 cm³/mol. The number of guanidine groups is 1. The Morgan fingerprint density at radius 2 is 1.93 bits per heavy atom. The summed E-state index contributed by atoms with van der Waals surface area (Å²) >= 11 is 0. The van der Waals surface area contributed by atoms with Gasteiger partial charge in [0.1, 0.15) is 12.1 Å². The minimum Gasteiger partial charge on any atom is -0.480 e. The topological polar surface area (TPSA) is 177 Å². The van der Waals surface area contributed by atoms with E-state index in [1.165, 1.54) is 4.90 Å². The standard InChI is InChI=1S/C20H30N6O4/c21-14(12-13-6-2-1-3-7-13)17(27)25-15(8-4-10-24-20(22)23)18(28)26-11-5-9-16(26)19(29)30/h1-3,6-7,14-16H,4-5,8-12,21H2,(H,25,27)(H,29,30)(H4,22,23,24). The highest BCUT2D eigenvalue weighted by Crippen LogP contribution is 2.19. The molecule has 1 aliphatic rings. The summed E-state index contributed by atoms with van der Waals surface area (Å²) < 4.78 is 0. The van der Waals surface area contributed by atoms with E-state index in [0.29, 0.717) is 38.8 Å². The van der Waals surface area contributed by atoms with Crippen molar-refractivity contribution in [2.45, 2.75) is 50.2 Å². The number of hydrogen-bond acceptors (Lipinski definition) is 5. The Hall–Kier alpha value is -3.14. The SMILES string of the molecule is NC(N)=NCCCC(NC(=O)C(N)Cc1ccccc1)C(=O)N1CCCC1C(=O)O. The van der Waals surface area contributed by atoms with Gasteiger partial charge in [-0.1, -0.05) is 30.3 Å². The van der Waals surface area contributed by atoms with Crippen LogP contribution >= 0.6 is 0 Å². The molecule has 10 nitrogen and oxygen atoms in total. The zero-order chi connectivity index (χ0) is 22.1. The maximum atomic E-state index is 13.0. The van der Waals surface area contributed by atoms with Crippen LogP contribution in [0.1, 0.15) is 31.2 Å². The molecule has 3 atom stereocenters. The Labute approximate surface area is 175 Å². The molecule has 164 valence electrons. The van der Waals surface area contributed by atoms with E-state index < -0.39 is 35.9 Å². The van der Waals surface area contributed by atoms with Gasteiger partial charge < -0.3 is 32.5 Å². The van der Waals surface area contributed by atoms with Crippen LogP contribution in [0.25, 0.3) is 0 Å². The molecule has 1 aromatic rings. The third-order valence-corrected chi connectivity index (χ3v) is 5.02. The Morgan fingerprint density at radius 1 is 1.23 bits per heavy atom. The van der Waals surface area contributed by atoms with Gasteiger partial charge in [0.05, 0.1) is 6.04 Å². The lowest BCUT2D eigenvalue weighted by Crippen LogP contribution is -2.54. The van der Waals surface area contributed by atoms with E-state index in [1.54, 1.807) is 0 Å². The van der Waals surface area contributed by atoms with E-state index >= 15 is 0 Å². The average Bonchev–Trinajstić information content (AvgIpc) is 3.20. The summed E-state index contributed by atoms with van der Waals surface area (Å²) in [4.78, 5) is 42.3. The van der Waals surface area contributed by atoms with Crippen molar-refractivity contribution in [3.05, 3.63) is 35.9 Å². The van der Waals surface area contributed by atoms with Gasteiger partial charge in [-0.15, -0.1) is 0 Å². The van der Waals surface area contributed by atoms with Crippen molar-refractivity contribution >= 4 is 23.7 Å². The van der Waals surface area contributed by atoms with Crippen LogP contribution in [0.3, 0.4) is 0 Å². The monoisotopic (exact) mass is 418 g/mol. The number of likely N-dealkylation sites (tertiary alicyclic amines) is 1. The molecule has 2 rings (SSSR count). The highest BCUT2D eigenvalue weighted by Gasteiger charge is 2.37. The first kappa shape index (κ1) is 23.1. The second-order valence-corrected chi connectivity index (χ2v) is 7.33. The van der Waals surface area contributed by atoms with Crippen LogP contribution in [-0.4, -0.2) is 65.0 Å². The molecule has 1 aliphatic heterocycles. The van der Waals surface area contributed by atoms with Crippen LogP contribution in [0.15, 0.2) is 35.3 Å². The smallest absolute Gasteiger partial charge is 0.326 e. The number of aliphatic carboxylic acids is 1. The maximum Gasteiger partial charge on any atom is 0.326 e. The summed E-state index contributed by atoms with van der Waals surface area (Å²) in [5.41, 5.74) is 17.6. The van der Waals surface area contributed by atoms with Crippen molar-refractivity contribution in [2.75, 3.05) is 13.1 Å². The molecule has 8 N–H and O–H groups in total. The van der Waals surface area contributed by atoms with Crippen molar-refractivity contribution in [1.29, 1.82) is 0 Å². The first-order valence-electron chi connectivity index (χ1n) is 9.98. The largest absolute Gasteiger partial charge is 0.480 e. The van der Waals surface area contributed by atoms with Crippen LogP contribution < -0.4 is 22.5 Å². The lowest BCUT2D eigenvalue weighted by molar-refractivity contribution is -0.149. The quantitative estimate of drug-likeness (QED) is 0.187. The number of nitrogens with two attached hydrogens (primary N) is 3. The van der Waals surface area contributed by atoms with Crippen LogP contribution in [0.2, 0.25) is 0 Å². The molecule has 1 fully saturated rings. The molecular formula is C20H30N6O4. The summed E-state index contributed by atoms with van der Waals surface area (Å²) in [7, 11) is 0. The van der Waals surface area contributed by atoms with Crippen molar-refractivity contribution in [3.8, 4) is 0 Å². The van der Waals surface area contributed by atoms with Gasteiger partial charge in [0, 0.05) is 13.1 Å². The summed E-state index contributed by atoms with van der Waals surface area (Å²) in [5.74, 6) is -2.00. The molecule has 0 bridgehead atoms. The summed E-state index contributed by atoms with van der Waals surface area (Å²) in [6.45, 7) is 0.632. The molecule has 0 aliphatic carbocycles. The second kappa shape index (κ2) is 11.1.